The molecular weight excluding hydrogens is 175 g/mol. The van der Waals surface area contributed by atoms with E-state index in [2.05, 4.69) is 38.2 Å². The van der Waals surface area contributed by atoms with E-state index in [9.17, 15) is 0 Å². The maximum atomic E-state index is 2.24. The minimum absolute atomic E-state index is 0.805. The van der Waals surface area contributed by atoms with E-state index in [0.29, 0.717) is 0 Å². The van der Waals surface area contributed by atoms with Crippen LogP contribution in [0.3, 0.4) is 0 Å². The van der Waals surface area contributed by atoms with Crippen LogP contribution in [-0.2, 0) is 0 Å². The average Bonchev–Trinajstić information content (AvgIpc) is 1.89. The predicted octanol–water partition coefficient (Wildman–Crippen LogP) is 2.68. The summed E-state index contributed by atoms with van der Waals surface area (Å²) in [6.45, 7) is 4.15. The van der Waals surface area contributed by atoms with Gasteiger partial charge in [-0.3, -0.25) is 0 Å². The summed E-state index contributed by atoms with van der Waals surface area (Å²) >= 11 is 0.805. The van der Waals surface area contributed by atoms with E-state index >= 15 is 0 Å². The van der Waals surface area contributed by atoms with Gasteiger partial charge in [0, 0.05) is 0 Å². The molecule has 0 spiro atoms. The molecule has 0 unspecified atom stereocenters. The zero-order valence-electron chi connectivity index (χ0n) is 6.13. The molecule has 0 aromatic rings. The number of rotatable bonds is 4. The van der Waals surface area contributed by atoms with Gasteiger partial charge in [-0.15, -0.1) is 0 Å². The van der Waals surface area contributed by atoms with Crippen molar-refractivity contribution in [3.05, 3.63) is 24.3 Å². The van der Waals surface area contributed by atoms with E-state index in [0.717, 1.165) is 15.0 Å². The monoisotopic (exact) mass is 190 g/mol. The Morgan fingerprint density at radius 1 is 1.00 bits per heavy atom. The van der Waals surface area contributed by atoms with E-state index in [1.165, 1.54) is 10.6 Å². The summed E-state index contributed by atoms with van der Waals surface area (Å²) in [6, 6.07) is 0. The van der Waals surface area contributed by atoms with Gasteiger partial charge in [-0.25, -0.2) is 0 Å². The Balaban J connectivity index is 2.91. The van der Waals surface area contributed by atoms with Crippen LogP contribution >= 0.6 is 0 Å². The molecule has 0 radical (unpaired) electrons. The van der Waals surface area contributed by atoms with Gasteiger partial charge in [0.05, 0.1) is 0 Å². The van der Waals surface area contributed by atoms with Gasteiger partial charge in [0.2, 0.25) is 0 Å². The van der Waals surface area contributed by atoms with Gasteiger partial charge in [-0.2, -0.15) is 0 Å². The Bertz CT molecular complexity index is 80.7. The molecule has 0 nitrogen and oxygen atoms in total. The molecule has 0 heterocycles. The van der Waals surface area contributed by atoms with Crippen LogP contribution < -0.4 is 0 Å². The quantitative estimate of drug-likeness (QED) is 0.362. The van der Waals surface area contributed by atoms with Crippen LogP contribution in [0.2, 0.25) is 10.6 Å². The summed E-state index contributed by atoms with van der Waals surface area (Å²) in [5.41, 5.74) is 0. The van der Waals surface area contributed by atoms with Gasteiger partial charge in [-0.05, 0) is 0 Å². The summed E-state index contributed by atoms with van der Waals surface area (Å²) in [5, 5.41) is 2.57. The standard InChI is InChI=1S/C8H14Se/c1-3-5-7-9-8-6-4-2/h3-6H,7-8H2,1-2H3/b5-3-,6-4-. The van der Waals surface area contributed by atoms with Gasteiger partial charge in [-0.1, -0.05) is 0 Å². The van der Waals surface area contributed by atoms with E-state index in [1.54, 1.807) is 0 Å². The summed E-state index contributed by atoms with van der Waals surface area (Å²) in [4.78, 5) is 0. The normalized spacial score (nSPS) is 11.8. The van der Waals surface area contributed by atoms with Crippen molar-refractivity contribution < 1.29 is 0 Å². The van der Waals surface area contributed by atoms with Crippen LogP contribution in [-0.4, -0.2) is 15.0 Å². The van der Waals surface area contributed by atoms with Crippen LogP contribution in [0.1, 0.15) is 13.8 Å². The second-order valence-electron chi connectivity index (χ2n) is 1.68. The molecule has 0 saturated heterocycles. The SMILES string of the molecule is C/C=C\C[Se]C/C=C\C. The molecule has 0 amide bonds. The van der Waals surface area contributed by atoms with Crippen molar-refractivity contribution in [2.45, 2.75) is 24.5 Å². The zero-order valence-corrected chi connectivity index (χ0v) is 7.84. The number of allylic oxidation sites excluding steroid dienone is 4. The molecule has 0 rings (SSSR count). The van der Waals surface area contributed by atoms with Crippen molar-refractivity contribution in [3.8, 4) is 0 Å². The van der Waals surface area contributed by atoms with Crippen molar-refractivity contribution in [2.24, 2.45) is 0 Å². The van der Waals surface area contributed by atoms with Crippen LogP contribution in [0.4, 0.5) is 0 Å². The minimum atomic E-state index is 0.805. The average molecular weight is 189 g/mol. The zero-order chi connectivity index (χ0) is 6.95. The van der Waals surface area contributed by atoms with Crippen molar-refractivity contribution in [1.82, 2.24) is 0 Å². The Labute approximate surface area is 64.2 Å². The summed E-state index contributed by atoms with van der Waals surface area (Å²) in [7, 11) is 0. The van der Waals surface area contributed by atoms with E-state index in [4.69, 9.17) is 0 Å². The second-order valence-corrected chi connectivity index (χ2v) is 3.93. The third-order valence-electron chi connectivity index (χ3n) is 0.900. The first-order valence-electron chi connectivity index (χ1n) is 3.22. The van der Waals surface area contributed by atoms with Crippen molar-refractivity contribution in [3.63, 3.8) is 0 Å². The fourth-order valence-corrected chi connectivity index (χ4v) is 2.06. The fraction of sp³-hybridized carbons (Fsp3) is 0.500. The Morgan fingerprint density at radius 3 is 1.78 bits per heavy atom. The molecule has 52 valence electrons. The molecule has 1 heteroatoms. The molecule has 0 aliphatic carbocycles. The number of hydrogen-bond acceptors (Lipinski definition) is 0. The van der Waals surface area contributed by atoms with E-state index in [-0.39, 0.29) is 0 Å². The second kappa shape index (κ2) is 8.00. The first-order valence-corrected chi connectivity index (χ1v) is 5.64. The van der Waals surface area contributed by atoms with Gasteiger partial charge in [0.15, 0.2) is 0 Å². The molecule has 0 aromatic heterocycles. The van der Waals surface area contributed by atoms with Crippen molar-refractivity contribution in [2.75, 3.05) is 0 Å². The molecule has 0 saturated carbocycles. The van der Waals surface area contributed by atoms with E-state index in [1.807, 2.05) is 0 Å². The topological polar surface area (TPSA) is 0 Å². The van der Waals surface area contributed by atoms with Crippen LogP contribution in [0.15, 0.2) is 24.3 Å². The summed E-state index contributed by atoms with van der Waals surface area (Å²) < 4.78 is 0. The van der Waals surface area contributed by atoms with Gasteiger partial charge in [0.25, 0.3) is 0 Å². The van der Waals surface area contributed by atoms with Gasteiger partial charge < -0.3 is 0 Å². The van der Waals surface area contributed by atoms with Crippen LogP contribution in [0, 0.1) is 0 Å². The number of hydrogen-bond donors (Lipinski definition) is 0. The van der Waals surface area contributed by atoms with Gasteiger partial charge >= 0.3 is 63.7 Å². The van der Waals surface area contributed by atoms with Gasteiger partial charge in [0.1, 0.15) is 0 Å². The molecule has 0 aliphatic heterocycles. The molecule has 9 heavy (non-hydrogen) atoms. The third-order valence-corrected chi connectivity index (χ3v) is 2.70. The predicted molar refractivity (Wildman–Crippen MR) is 45.0 cm³/mol. The molecule has 0 fully saturated rings. The van der Waals surface area contributed by atoms with Crippen molar-refractivity contribution in [1.29, 1.82) is 0 Å². The van der Waals surface area contributed by atoms with E-state index < -0.39 is 0 Å². The molecule has 0 atom stereocenters. The first kappa shape index (κ1) is 9.00. The molecular formula is C8H14Se. The summed E-state index contributed by atoms with van der Waals surface area (Å²) in [5.74, 6) is 0. The summed E-state index contributed by atoms with van der Waals surface area (Å²) in [6.07, 6.45) is 8.72. The molecule has 0 aliphatic rings. The molecule has 0 aromatic carbocycles. The Morgan fingerprint density at radius 2 is 1.44 bits per heavy atom. The molecule has 0 bridgehead atoms. The van der Waals surface area contributed by atoms with Crippen LogP contribution in [0.25, 0.3) is 0 Å². The fourth-order valence-electron chi connectivity index (χ4n) is 0.397. The third kappa shape index (κ3) is 8.00. The molecule has 0 N–H and O–H groups in total. The van der Waals surface area contributed by atoms with Crippen molar-refractivity contribution >= 4 is 15.0 Å². The maximum absolute atomic E-state index is 2.24. The first-order chi connectivity index (χ1) is 4.41. The Hall–Kier alpha value is -0.000519. The Kier molecular flexibility index (Phi) is 8.00. The van der Waals surface area contributed by atoms with Crippen LogP contribution in [0.5, 0.6) is 0 Å².